The maximum Gasteiger partial charge on any atom is 0.130 e. The van der Waals surface area contributed by atoms with Crippen molar-refractivity contribution in [3.8, 4) is 6.07 Å². The predicted octanol–water partition coefficient (Wildman–Crippen LogP) is 2.07. The van der Waals surface area contributed by atoms with Gasteiger partial charge in [-0.25, -0.2) is 0 Å². The molecule has 0 aliphatic heterocycles. The van der Waals surface area contributed by atoms with Crippen LogP contribution in [0.2, 0.25) is 0 Å². The molecule has 1 atom stereocenters. The third-order valence-electron chi connectivity index (χ3n) is 2.85. The predicted molar refractivity (Wildman–Crippen MR) is 60.1 cm³/mol. The van der Waals surface area contributed by atoms with E-state index in [9.17, 15) is 0 Å². The molecule has 1 aliphatic rings. The zero-order valence-electron chi connectivity index (χ0n) is 10.0. The van der Waals surface area contributed by atoms with Crippen LogP contribution in [0.5, 0.6) is 0 Å². The van der Waals surface area contributed by atoms with Crippen LogP contribution < -0.4 is 5.73 Å². The van der Waals surface area contributed by atoms with E-state index in [0.29, 0.717) is 19.1 Å². The van der Waals surface area contributed by atoms with Crippen molar-refractivity contribution >= 4 is 0 Å². The van der Waals surface area contributed by atoms with Gasteiger partial charge in [0.05, 0.1) is 12.7 Å². The molecule has 0 aromatic carbocycles. The van der Waals surface area contributed by atoms with Crippen molar-refractivity contribution in [1.29, 1.82) is 5.26 Å². The van der Waals surface area contributed by atoms with Gasteiger partial charge in [-0.05, 0) is 30.6 Å². The Kier molecular flexibility index (Phi) is 3.75. The van der Waals surface area contributed by atoms with Crippen LogP contribution in [0.15, 0.2) is 0 Å². The van der Waals surface area contributed by atoms with Gasteiger partial charge in [-0.15, -0.1) is 0 Å². The lowest BCUT2D eigenvalue weighted by Gasteiger charge is -2.23. The molecule has 15 heavy (non-hydrogen) atoms. The van der Waals surface area contributed by atoms with Crippen molar-refractivity contribution in [3.63, 3.8) is 0 Å². The number of ether oxygens (including phenoxy) is 1. The highest BCUT2D eigenvalue weighted by atomic mass is 16.5. The Morgan fingerprint density at radius 3 is 2.40 bits per heavy atom. The average molecular weight is 210 g/mol. The normalized spacial score (nSPS) is 20.7. The van der Waals surface area contributed by atoms with Crippen LogP contribution in [0, 0.1) is 22.7 Å². The lowest BCUT2D eigenvalue weighted by atomic mass is 9.93. The molecule has 3 heteroatoms. The van der Waals surface area contributed by atoms with Crippen molar-refractivity contribution in [3.05, 3.63) is 0 Å². The molecule has 3 nitrogen and oxygen atoms in total. The summed E-state index contributed by atoms with van der Waals surface area (Å²) in [5, 5.41) is 9.00. The molecule has 0 bridgehead atoms. The molecule has 1 fully saturated rings. The van der Waals surface area contributed by atoms with Crippen molar-refractivity contribution in [1.82, 2.24) is 0 Å². The number of nitrogens with zero attached hydrogens (tertiary/aromatic N) is 1. The molecule has 0 radical (unpaired) electrons. The average Bonchev–Trinajstić information content (AvgIpc) is 2.93. The Labute approximate surface area is 92.6 Å². The third-order valence-corrected chi connectivity index (χ3v) is 2.85. The summed E-state index contributed by atoms with van der Waals surface area (Å²) in [6.07, 6.45) is 3.15. The van der Waals surface area contributed by atoms with Crippen molar-refractivity contribution < 1.29 is 4.74 Å². The number of nitriles is 1. The van der Waals surface area contributed by atoms with Crippen molar-refractivity contribution in [2.75, 3.05) is 13.2 Å². The monoisotopic (exact) mass is 210 g/mol. The first-order valence-electron chi connectivity index (χ1n) is 5.65. The summed E-state index contributed by atoms with van der Waals surface area (Å²) in [4.78, 5) is 0. The van der Waals surface area contributed by atoms with E-state index in [0.717, 1.165) is 19.3 Å². The Bertz CT molecular complexity index is 247. The summed E-state index contributed by atoms with van der Waals surface area (Å²) in [5.74, 6) is 0.358. The lowest BCUT2D eigenvalue weighted by Crippen LogP contribution is -2.45. The fourth-order valence-corrected chi connectivity index (χ4v) is 1.46. The van der Waals surface area contributed by atoms with Gasteiger partial charge in [-0.2, -0.15) is 5.26 Å². The lowest BCUT2D eigenvalue weighted by molar-refractivity contribution is 0.0768. The van der Waals surface area contributed by atoms with E-state index >= 15 is 0 Å². The molecule has 86 valence electrons. The minimum absolute atomic E-state index is 0.281. The first kappa shape index (κ1) is 12.5. The Balaban J connectivity index is 2.22. The van der Waals surface area contributed by atoms with Gasteiger partial charge in [-0.1, -0.05) is 20.8 Å². The fraction of sp³-hybridized carbons (Fsp3) is 0.917. The van der Waals surface area contributed by atoms with E-state index in [-0.39, 0.29) is 5.41 Å². The summed E-state index contributed by atoms with van der Waals surface area (Å²) in [6, 6.07) is 2.19. The Morgan fingerprint density at radius 2 is 2.00 bits per heavy atom. The van der Waals surface area contributed by atoms with E-state index in [1.807, 2.05) is 0 Å². The van der Waals surface area contributed by atoms with Crippen LogP contribution in [0.1, 0.15) is 40.0 Å². The molecule has 0 amide bonds. The molecular formula is C12H22N2O. The molecule has 0 aromatic heterocycles. The summed E-state index contributed by atoms with van der Waals surface area (Å²) in [7, 11) is 0. The smallest absolute Gasteiger partial charge is 0.130 e. The largest absolute Gasteiger partial charge is 0.378 e. The highest BCUT2D eigenvalue weighted by Gasteiger charge is 2.42. The second-order valence-corrected chi connectivity index (χ2v) is 5.79. The number of hydrogen-bond donors (Lipinski definition) is 1. The van der Waals surface area contributed by atoms with Gasteiger partial charge in [-0.3, -0.25) is 0 Å². The first-order chi connectivity index (χ1) is 6.87. The molecule has 1 saturated carbocycles. The van der Waals surface area contributed by atoms with Crippen LogP contribution in [0.3, 0.4) is 0 Å². The molecule has 0 aromatic rings. The maximum atomic E-state index is 9.00. The van der Waals surface area contributed by atoms with Gasteiger partial charge in [0.15, 0.2) is 0 Å². The van der Waals surface area contributed by atoms with E-state index in [1.165, 1.54) is 0 Å². The topological polar surface area (TPSA) is 59.0 Å². The molecule has 0 spiro atoms. The van der Waals surface area contributed by atoms with Crippen LogP contribution >= 0.6 is 0 Å². The minimum atomic E-state index is -0.738. The molecule has 0 saturated heterocycles. The summed E-state index contributed by atoms with van der Waals surface area (Å²) >= 11 is 0. The van der Waals surface area contributed by atoms with Gasteiger partial charge in [0.2, 0.25) is 0 Å². The molecule has 1 rings (SSSR count). The van der Waals surface area contributed by atoms with Gasteiger partial charge < -0.3 is 10.5 Å². The number of rotatable bonds is 5. The minimum Gasteiger partial charge on any atom is -0.378 e. The van der Waals surface area contributed by atoms with Gasteiger partial charge >= 0.3 is 0 Å². The quantitative estimate of drug-likeness (QED) is 0.707. The molecule has 1 unspecified atom stereocenters. The van der Waals surface area contributed by atoms with Crippen molar-refractivity contribution in [2.24, 2.45) is 17.1 Å². The Hall–Kier alpha value is -0.590. The van der Waals surface area contributed by atoms with E-state index in [1.54, 1.807) is 0 Å². The zero-order chi connectivity index (χ0) is 11.5. The van der Waals surface area contributed by atoms with Crippen LogP contribution in [0.4, 0.5) is 0 Å². The van der Waals surface area contributed by atoms with Gasteiger partial charge in [0.25, 0.3) is 0 Å². The fourth-order valence-electron chi connectivity index (χ4n) is 1.46. The Morgan fingerprint density at radius 1 is 1.40 bits per heavy atom. The highest BCUT2D eigenvalue weighted by molar-refractivity contribution is 5.13. The van der Waals surface area contributed by atoms with Gasteiger partial charge in [0, 0.05) is 6.61 Å². The summed E-state index contributed by atoms with van der Waals surface area (Å²) in [6.45, 7) is 7.60. The second kappa shape index (κ2) is 4.51. The maximum absolute atomic E-state index is 9.00. The van der Waals surface area contributed by atoms with Crippen LogP contribution in [-0.4, -0.2) is 18.8 Å². The standard InChI is InChI=1S/C12H22N2O/c1-11(2,3)6-7-15-9-12(14,8-13)10-4-5-10/h10H,4-7,9,14H2,1-3H3. The van der Waals surface area contributed by atoms with E-state index in [4.69, 9.17) is 15.7 Å². The zero-order valence-corrected chi connectivity index (χ0v) is 10.0. The third kappa shape index (κ3) is 4.19. The number of hydrogen-bond acceptors (Lipinski definition) is 3. The second-order valence-electron chi connectivity index (χ2n) is 5.79. The molecule has 0 heterocycles. The molecule has 1 aliphatic carbocycles. The molecular weight excluding hydrogens is 188 g/mol. The van der Waals surface area contributed by atoms with Crippen LogP contribution in [0.25, 0.3) is 0 Å². The van der Waals surface area contributed by atoms with Crippen LogP contribution in [-0.2, 0) is 4.74 Å². The number of nitrogens with two attached hydrogens (primary N) is 1. The first-order valence-corrected chi connectivity index (χ1v) is 5.65. The summed E-state index contributed by atoms with van der Waals surface area (Å²) < 4.78 is 5.52. The SMILES string of the molecule is CC(C)(C)CCOCC(N)(C#N)C1CC1. The summed E-state index contributed by atoms with van der Waals surface area (Å²) in [5.41, 5.74) is 5.51. The molecule has 2 N–H and O–H groups in total. The van der Waals surface area contributed by atoms with E-state index in [2.05, 4.69) is 26.8 Å². The van der Waals surface area contributed by atoms with Crippen molar-refractivity contribution in [2.45, 2.75) is 45.6 Å². The van der Waals surface area contributed by atoms with Gasteiger partial charge in [0.1, 0.15) is 5.54 Å². The highest BCUT2D eigenvalue weighted by Crippen LogP contribution is 2.38. The van der Waals surface area contributed by atoms with E-state index < -0.39 is 5.54 Å².